The zero-order valence-electron chi connectivity index (χ0n) is 16.5. The molecule has 0 saturated heterocycles. The molecule has 0 unspecified atom stereocenters. The van der Waals surface area contributed by atoms with Crippen molar-refractivity contribution in [3.63, 3.8) is 0 Å². The van der Waals surface area contributed by atoms with Gasteiger partial charge in [0.1, 0.15) is 17.2 Å². The highest BCUT2D eigenvalue weighted by Crippen LogP contribution is 2.38. The normalized spacial score (nSPS) is 13.4. The molecule has 0 aliphatic heterocycles. The average molecular weight is 484 g/mol. The number of aliphatic hydroxyl groups is 1. The van der Waals surface area contributed by atoms with Crippen molar-refractivity contribution in [1.82, 2.24) is 0 Å². The maximum Gasteiger partial charge on any atom is 0.250 e. The molecule has 26 heavy (non-hydrogen) atoms. The third-order valence-corrected chi connectivity index (χ3v) is 10.0. The maximum atomic E-state index is 9.51. The van der Waals surface area contributed by atoms with Crippen molar-refractivity contribution < 1.29 is 14.3 Å². The van der Waals surface area contributed by atoms with Crippen molar-refractivity contribution >= 4 is 30.9 Å². The molecule has 0 saturated carbocycles. The summed E-state index contributed by atoms with van der Waals surface area (Å²) in [6.07, 6.45) is 0. The zero-order chi connectivity index (χ0) is 19.5. The van der Waals surface area contributed by atoms with Crippen molar-refractivity contribution in [2.45, 2.75) is 51.7 Å². The second kappa shape index (κ2) is 8.31. The van der Waals surface area contributed by atoms with Crippen LogP contribution in [0.15, 0.2) is 42.5 Å². The second-order valence-corrected chi connectivity index (χ2v) is 14.2. The quantitative estimate of drug-likeness (QED) is 0.373. The standard InChI is InChI=1S/C21H29IO3Si/c1-15(14-23)19-13-16(22)7-12-20(19)24-17-8-10-18(11-9-17)25-26(5,6)21(2,3)4/h7-13,15,23H,14H2,1-6H3/t15-/m1/s1. The molecule has 1 N–H and O–H groups in total. The summed E-state index contributed by atoms with van der Waals surface area (Å²) in [5, 5.41) is 9.67. The Labute approximate surface area is 172 Å². The van der Waals surface area contributed by atoms with Gasteiger partial charge in [-0.3, -0.25) is 0 Å². The molecular formula is C21H29IO3Si. The number of ether oxygens (including phenoxy) is 1. The Balaban J connectivity index is 2.18. The predicted molar refractivity (Wildman–Crippen MR) is 119 cm³/mol. The molecule has 0 aromatic heterocycles. The molecule has 3 nitrogen and oxygen atoms in total. The van der Waals surface area contributed by atoms with Crippen molar-refractivity contribution in [1.29, 1.82) is 0 Å². The maximum absolute atomic E-state index is 9.51. The molecule has 2 aromatic carbocycles. The third-order valence-electron chi connectivity index (χ3n) is 5.01. The fourth-order valence-corrected chi connectivity index (χ4v) is 3.79. The first-order valence-corrected chi connectivity index (χ1v) is 12.9. The van der Waals surface area contributed by atoms with Crippen LogP contribution in [0.4, 0.5) is 0 Å². The van der Waals surface area contributed by atoms with E-state index in [1.54, 1.807) is 0 Å². The van der Waals surface area contributed by atoms with E-state index in [2.05, 4.69) is 62.5 Å². The molecule has 2 aromatic rings. The van der Waals surface area contributed by atoms with Gasteiger partial charge in [-0.2, -0.15) is 0 Å². The zero-order valence-corrected chi connectivity index (χ0v) is 19.6. The minimum atomic E-state index is -1.84. The van der Waals surface area contributed by atoms with Crippen LogP contribution in [-0.4, -0.2) is 20.0 Å². The van der Waals surface area contributed by atoms with Gasteiger partial charge in [-0.15, -0.1) is 0 Å². The SMILES string of the molecule is C[C@H](CO)c1cc(I)ccc1Oc1ccc(O[Si](C)(C)C(C)(C)C)cc1. The van der Waals surface area contributed by atoms with Gasteiger partial charge in [0.2, 0.25) is 8.32 Å². The van der Waals surface area contributed by atoms with Crippen LogP contribution in [0, 0.1) is 3.57 Å². The molecule has 0 heterocycles. The molecule has 0 bridgehead atoms. The topological polar surface area (TPSA) is 38.7 Å². The first-order chi connectivity index (χ1) is 12.0. The molecule has 142 valence electrons. The Morgan fingerprint density at radius 2 is 1.62 bits per heavy atom. The average Bonchev–Trinajstić information content (AvgIpc) is 2.56. The molecule has 0 aliphatic carbocycles. The van der Waals surface area contributed by atoms with E-state index < -0.39 is 8.32 Å². The minimum absolute atomic E-state index is 0.0286. The van der Waals surface area contributed by atoms with Gasteiger partial charge in [-0.05, 0) is 83.2 Å². The van der Waals surface area contributed by atoms with Gasteiger partial charge in [0.15, 0.2) is 0 Å². The second-order valence-electron chi connectivity index (χ2n) is 8.20. The van der Waals surface area contributed by atoms with Crippen LogP contribution in [0.3, 0.4) is 0 Å². The van der Waals surface area contributed by atoms with E-state index >= 15 is 0 Å². The lowest BCUT2D eigenvalue weighted by molar-refractivity contribution is 0.271. The smallest absolute Gasteiger partial charge is 0.250 e. The molecule has 0 spiro atoms. The summed E-state index contributed by atoms with van der Waals surface area (Å²) < 4.78 is 13.5. The summed E-state index contributed by atoms with van der Waals surface area (Å²) in [4.78, 5) is 0. The van der Waals surface area contributed by atoms with Crippen LogP contribution in [0.2, 0.25) is 18.1 Å². The van der Waals surface area contributed by atoms with E-state index in [0.717, 1.165) is 26.4 Å². The van der Waals surface area contributed by atoms with Crippen molar-refractivity contribution in [2.75, 3.05) is 6.61 Å². The highest BCUT2D eigenvalue weighted by atomic mass is 127. The van der Waals surface area contributed by atoms with E-state index in [0.29, 0.717) is 0 Å². The molecule has 0 radical (unpaired) electrons. The third kappa shape index (κ3) is 5.24. The van der Waals surface area contributed by atoms with Crippen LogP contribution in [0.25, 0.3) is 0 Å². The van der Waals surface area contributed by atoms with Crippen LogP contribution >= 0.6 is 22.6 Å². The minimum Gasteiger partial charge on any atom is -0.543 e. The van der Waals surface area contributed by atoms with Gasteiger partial charge < -0.3 is 14.3 Å². The molecule has 2 rings (SSSR count). The summed E-state index contributed by atoms with van der Waals surface area (Å²) in [7, 11) is -1.84. The number of hydrogen-bond donors (Lipinski definition) is 1. The monoisotopic (exact) mass is 484 g/mol. The van der Waals surface area contributed by atoms with Crippen molar-refractivity contribution in [3.05, 3.63) is 51.6 Å². The highest BCUT2D eigenvalue weighted by molar-refractivity contribution is 14.1. The van der Waals surface area contributed by atoms with Gasteiger partial charge in [-0.25, -0.2) is 0 Å². The molecule has 0 aliphatic rings. The lowest BCUT2D eigenvalue weighted by atomic mass is 10.0. The Morgan fingerprint density at radius 3 is 2.15 bits per heavy atom. The number of benzene rings is 2. The van der Waals surface area contributed by atoms with Crippen LogP contribution in [0.5, 0.6) is 17.2 Å². The van der Waals surface area contributed by atoms with Gasteiger partial charge in [-0.1, -0.05) is 27.7 Å². The lowest BCUT2D eigenvalue weighted by Gasteiger charge is -2.36. The number of hydrogen-bond acceptors (Lipinski definition) is 3. The molecular weight excluding hydrogens is 455 g/mol. The Kier molecular flexibility index (Phi) is 6.79. The van der Waals surface area contributed by atoms with E-state index in [4.69, 9.17) is 9.16 Å². The Morgan fingerprint density at radius 1 is 1.04 bits per heavy atom. The van der Waals surface area contributed by atoms with E-state index in [9.17, 15) is 5.11 Å². The van der Waals surface area contributed by atoms with Gasteiger partial charge in [0.25, 0.3) is 0 Å². The van der Waals surface area contributed by atoms with Crippen LogP contribution < -0.4 is 9.16 Å². The first kappa shape index (κ1) is 21.2. The fourth-order valence-electron chi connectivity index (χ4n) is 2.25. The van der Waals surface area contributed by atoms with E-state index in [1.807, 2.05) is 43.3 Å². The van der Waals surface area contributed by atoms with Gasteiger partial charge in [0.05, 0.1) is 0 Å². The molecule has 1 atom stereocenters. The van der Waals surface area contributed by atoms with E-state index in [1.165, 1.54) is 0 Å². The fraction of sp³-hybridized carbons (Fsp3) is 0.429. The predicted octanol–water partition coefficient (Wildman–Crippen LogP) is 6.56. The van der Waals surface area contributed by atoms with Crippen molar-refractivity contribution in [3.8, 4) is 17.2 Å². The van der Waals surface area contributed by atoms with Crippen molar-refractivity contribution in [2.24, 2.45) is 0 Å². The van der Waals surface area contributed by atoms with Crippen LogP contribution in [-0.2, 0) is 0 Å². The summed E-state index contributed by atoms with van der Waals surface area (Å²) in [6, 6.07) is 13.9. The highest BCUT2D eigenvalue weighted by Gasteiger charge is 2.38. The van der Waals surface area contributed by atoms with Crippen LogP contribution in [0.1, 0.15) is 39.2 Å². The largest absolute Gasteiger partial charge is 0.543 e. The van der Waals surface area contributed by atoms with E-state index in [-0.39, 0.29) is 17.6 Å². The first-order valence-electron chi connectivity index (χ1n) is 8.91. The number of halogens is 1. The summed E-state index contributed by atoms with van der Waals surface area (Å²) in [5.74, 6) is 2.46. The van der Waals surface area contributed by atoms with Gasteiger partial charge >= 0.3 is 0 Å². The summed E-state index contributed by atoms with van der Waals surface area (Å²) in [6.45, 7) is 13.3. The summed E-state index contributed by atoms with van der Waals surface area (Å²) >= 11 is 2.28. The molecule has 5 heteroatoms. The summed E-state index contributed by atoms with van der Waals surface area (Å²) in [5.41, 5.74) is 1.01. The number of rotatable bonds is 6. The number of aliphatic hydroxyl groups excluding tert-OH is 1. The molecule has 0 amide bonds. The van der Waals surface area contributed by atoms with Gasteiger partial charge in [0, 0.05) is 21.7 Å². The Hall–Kier alpha value is -1.05. The molecule has 0 fully saturated rings. The lowest BCUT2D eigenvalue weighted by Crippen LogP contribution is -2.43. The Bertz CT molecular complexity index is 736.